The molecule has 0 aliphatic carbocycles. The molecule has 1 atom stereocenters. The molecule has 0 radical (unpaired) electrons. The van der Waals surface area contributed by atoms with E-state index in [4.69, 9.17) is 5.26 Å². The third-order valence-electron chi connectivity index (χ3n) is 1.74. The van der Waals surface area contributed by atoms with Crippen LogP contribution < -0.4 is 0 Å². The van der Waals surface area contributed by atoms with Crippen LogP contribution in [0.1, 0.15) is 51.8 Å². The second-order valence-corrected chi connectivity index (χ2v) is 2.75. The third kappa shape index (κ3) is 6.49. The minimum Gasteiger partial charge on any atom is -0.381 e. The molecule has 0 saturated heterocycles. The molecular formula is C14H21NO2. The molecule has 1 aromatic rings. The summed E-state index contributed by atoms with van der Waals surface area (Å²) in [7, 11) is 0. The van der Waals surface area contributed by atoms with Gasteiger partial charge in [0.1, 0.15) is 6.10 Å². The van der Waals surface area contributed by atoms with Crippen molar-refractivity contribution in [1.29, 1.82) is 5.26 Å². The SMILES string of the molecule is CC.CC.CC(=O)C(O)c1ccc(C#N)cc1. The Balaban J connectivity index is 0. The molecule has 0 aliphatic rings. The highest BCUT2D eigenvalue weighted by Gasteiger charge is 2.11. The molecular weight excluding hydrogens is 214 g/mol. The molecule has 0 aliphatic heterocycles. The van der Waals surface area contributed by atoms with Crippen molar-refractivity contribution >= 4 is 5.78 Å². The van der Waals surface area contributed by atoms with Gasteiger partial charge in [-0.3, -0.25) is 4.79 Å². The summed E-state index contributed by atoms with van der Waals surface area (Å²) in [5, 5.41) is 17.8. The molecule has 1 rings (SSSR count). The van der Waals surface area contributed by atoms with Crippen molar-refractivity contribution in [2.45, 2.75) is 40.7 Å². The van der Waals surface area contributed by atoms with Crippen LogP contribution in [0.2, 0.25) is 0 Å². The van der Waals surface area contributed by atoms with E-state index in [0.717, 1.165) is 0 Å². The first kappa shape index (κ1) is 17.7. The van der Waals surface area contributed by atoms with Crippen LogP contribution in [0.3, 0.4) is 0 Å². The van der Waals surface area contributed by atoms with Gasteiger partial charge in [0.15, 0.2) is 5.78 Å². The van der Waals surface area contributed by atoms with Crippen molar-refractivity contribution in [2.75, 3.05) is 0 Å². The van der Waals surface area contributed by atoms with Crippen LogP contribution in [0.4, 0.5) is 0 Å². The lowest BCUT2D eigenvalue weighted by Crippen LogP contribution is -2.07. The molecule has 0 fully saturated rings. The molecule has 3 nitrogen and oxygen atoms in total. The van der Waals surface area contributed by atoms with E-state index in [1.54, 1.807) is 24.3 Å². The number of hydrogen-bond acceptors (Lipinski definition) is 3. The summed E-state index contributed by atoms with van der Waals surface area (Å²) in [6.07, 6.45) is -1.08. The highest BCUT2D eigenvalue weighted by molar-refractivity contribution is 5.81. The van der Waals surface area contributed by atoms with E-state index in [9.17, 15) is 9.90 Å². The Morgan fingerprint density at radius 2 is 1.59 bits per heavy atom. The molecule has 0 amide bonds. The van der Waals surface area contributed by atoms with Crippen molar-refractivity contribution in [2.24, 2.45) is 0 Å². The van der Waals surface area contributed by atoms with Crippen LogP contribution >= 0.6 is 0 Å². The summed E-state index contributed by atoms with van der Waals surface area (Å²) in [6.45, 7) is 9.32. The van der Waals surface area contributed by atoms with E-state index in [0.29, 0.717) is 11.1 Å². The lowest BCUT2D eigenvalue weighted by Gasteiger charge is -2.05. The van der Waals surface area contributed by atoms with Crippen LogP contribution in [0.5, 0.6) is 0 Å². The predicted molar refractivity (Wildman–Crippen MR) is 69.5 cm³/mol. The topological polar surface area (TPSA) is 61.1 Å². The van der Waals surface area contributed by atoms with Crippen molar-refractivity contribution in [1.82, 2.24) is 0 Å². The average Bonchev–Trinajstić information content (AvgIpc) is 2.42. The maximum absolute atomic E-state index is 10.8. The van der Waals surface area contributed by atoms with Crippen molar-refractivity contribution in [3.63, 3.8) is 0 Å². The number of nitriles is 1. The summed E-state index contributed by atoms with van der Waals surface area (Å²) >= 11 is 0. The normalized spacial score (nSPS) is 9.71. The van der Waals surface area contributed by atoms with Gasteiger partial charge in [-0.25, -0.2) is 0 Å². The van der Waals surface area contributed by atoms with Crippen molar-refractivity contribution in [3.05, 3.63) is 35.4 Å². The molecule has 0 aromatic heterocycles. The van der Waals surface area contributed by atoms with E-state index in [1.165, 1.54) is 6.92 Å². The largest absolute Gasteiger partial charge is 0.381 e. The Morgan fingerprint density at radius 1 is 1.18 bits per heavy atom. The van der Waals surface area contributed by atoms with Gasteiger partial charge in [-0.2, -0.15) is 5.26 Å². The number of carbonyl (C=O) groups excluding carboxylic acids is 1. The first-order valence-corrected chi connectivity index (χ1v) is 5.83. The van der Waals surface area contributed by atoms with Gasteiger partial charge in [0.05, 0.1) is 11.6 Å². The van der Waals surface area contributed by atoms with Gasteiger partial charge in [0.25, 0.3) is 0 Å². The fourth-order valence-electron chi connectivity index (χ4n) is 0.975. The Morgan fingerprint density at radius 3 is 1.88 bits per heavy atom. The van der Waals surface area contributed by atoms with Gasteiger partial charge in [-0.05, 0) is 24.6 Å². The lowest BCUT2D eigenvalue weighted by molar-refractivity contribution is -0.125. The molecule has 1 N–H and O–H groups in total. The van der Waals surface area contributed by atoms with Gasteiger partial charge in [-0.1, -0.05) is 39.8 Å². The number of aliphatic hydroxyl groups is 1. The second kappa shape index (κ2) is 10.8. The van der Waals surface area contributed by atoms with Crippen LogP contribution in [0.15, 0.2) is 24.3 Å². The molecule has 1 unspecified atom stereocenters. The number of hydrogen-bond donors (Lipinski definition) is 1. The highest BCUT2D eigenvalue weighted by Crippen LogP contribution is 2.13. The number of carbonyl (C=O) groups is 1. The monoisotopic (exact) mass is 235 g/mol. The van der Waals surface area contributed by atoms with E-state index in [2.05, 4.69) is 0 Å². The predicted octanol–water partition coefficient (Wildman–Crippen LogP) is 3.23. The molecule has 94 valence electrons. The van der Waals surface area contributed by atoms with Gasteiger partial charge >= 0.3 is 0 Å². The average molecular weight is 235 g/mol. The van der Waals surface area contributed by atoms with Crippen LogP contribution in [-0.4, -0.2) is 10.9 Å². The summed E-state index contributed by atoms with van der Waals surface area (Å²) in [6, 6.07) is 8.25. The molecule has 0 saturated carbocycles. The van der Waals surface area contributed by atoms with Crippen LogP contribution in [0.25, 0.3) is 0 Å². The van der Waals surface area contributed by atoms with Gasteiger partial charge < -0.3 is 5.11 Å². The number of rotatable bonds is 2. The Bertz CT molecular complexity index is 349. The minimum absolute atomic E-state index is 0.301. The quantitative estimate of drug-likeness (QED) is 0.856. The Hall–Kier alpha value is -1.66. The van der Waals surface area contributed by atoms with E-state index in [1.807, 2.05) is 33.8 Å². The zero-order valence-electron chi connectivity index (χ0n) is 11.2. The van der Waals surface area contributed by atoms with Crippen molar-refractivity contribution in [3.8, 4) is 6.07 Å². The first-order chi connectivity index (χ1) is 8.15. The minimum atomic E-state index is -1.08. The second-order valence-electron chi connectivity index (χ2n) is 2.75. The zero-order chi connectivity index (χ0) is 13.8. The molecule has 0 heterocycles. The maximum Gasteiger partial charge on any atom is 0.162 e. The van der Waals surface area contributed by atoms with Crippen LogP contribution in [0, 0.1) is 11.3 Å². The number of benzene rings is 1. The maximum atomic E-state index is 10.8. The Kier molecular flexibility index (Phi) is 11.3. The van der Waals surface area contributed by atoms with E-state index in [-0.39, 0.29) is 5.78 Å². The smallest absolute Gasteiger partial charge is 0.162 e. The number of ketones is 1. The highest BCUT2D eigenvalue weighted by atomic mass is 16.3. The number of Topliss-reactive ketones (excluding diaryl/α,β-unsaturated/α-hetero) is 1. The molecule has 1 aromatic carbocycles. The standard InChI is InChI=1S/C10H9NO2.2C2H6/c1-7(12)10(13)9-4-2-8(6-11)3-5-9;2*1-2/h2-5,10,13H,1H3;2*1-2H3. The molecule has 17 heavy (non-hydrogen) atoms. The van der Waals surface area contributed by atoms with Crippen molar-refractivity contribution < 1.29 is 9.90 Å². The molecule has 0 bridgehead atoms. The number of aliphatic hydroxyl groups excluding tert-OH is 1. The summed E-state index contributed by atoms with van der Waals surface area (Å²) < 4.78 is 0. The third-order valence-corrected chi connectivity index (χ3v) is 1.74. The van der Waals surface area contributed by atoms with E-state index >= 15 is 0 Å². The first-order valence-electron chi connectivity index (χ1n) is 5.83. The lowest BCUT2D eigenvalue weighted by atomic mass is 10.1. The fourth-order valence-corrected chi connectivity index (χ4v) is 0.975. The van der Waals surface area contributed by atoms with Gasteiger partial charge in [-0.15, -0.1) is 0 Å². The van der Waals surface area contributed by atoms with Gasteiger partial charge in [0.2, 0.25) is 0 Å². The molecule has 0 spiro atoms. The summed E-state index contributed by atoms with van der Waals surface area (Å²) in [5.74, 6) is -0.301. The fraction of sp³-hybridized carbons (Fsp3) is 0.429. The van der Waals surface area contributed by atoms with E-state index < -0.39 is 6.10 Å². The molecule has 3 heteroatoms. The Labute approximate surface area is 104 Å². The summed E-state index contributed by atoms with van der Waals surface area (Å²) in [5.41, 5.74) is 1.03. The summed E-state index contributed by atoms with van der Waals surface area (Å²) in [4.78, 5) is 10.8. The van der Waals surface area contributed by atoms with Gasteiger partial charge in [0, 0.05) is 0 Å². The van der Waals surface area contributed by atoms with Crippen LogP contribution in [-0.2, 0) is 4.79 Å². The number of nitrogens with zero attached hydrogens (tertiary/aromatic N) is 1. The zero-order valence-corrected chi connectivity index (χ0v) is 11.2.